The first-order valence-electron chi connectivity index (χ1n) is 12.8. The van der Waals surface area contributed by atoms with E-state index < -0.39 is 0 Å². The molecule has 0 spiro atoms. The Morgan fingerprint density at radius 1 is 1.12 bits per heavy atom. The van der Waals surface area contributed by atoms with Gasteiger partial charge in [-0.3, -0.25) is 4.90 Å². The number of hydrogen-bond acceptors (Lipinski definition) is 3. The van der Waals surface area contributed by atoms with Gasteiger partial charge in [0.1, 0.15) is 0 Å². The molecule has 4 atom stereocenters. The zero-order chi connectivity index (χ0) is 23.1. The number of aliphatic hydroxyl groups excluding tert-OH is 1. The second kappa shape index (κ2) is 12.2. The summed E-state index contributed by atoms with van der Waals surface area (Å²) in [4.78, 5) is 2.48. The SMILES string of the molecule is Cc1cccc(CC/C=C/[C@@H]2[C@H]3CC(CCOCCN(C(C)C)C(C)C)=C[C@H]3C[C@H]2O)c1. The first-order chi connectivity index (χ1) is 15.3. The number of benzene rings is 1. The summed E-state index contributed by atoms with van der Waals surface area (Å²) in [5, 5.41) is 10.6. The third-order valence-corrected chi connectivity index (χ3v) is 7.38. The summed E-state index contributed by atoms with van der Waals surface area (Å²) < 4.78 is 5.98. The maximum Gasteiger partial charge on any atom is 0.0611 e. The molecule has 2 aliphatic rings. The highest BCUT2D eigenvalue weighted by Crippen LogP contribution is 2.47. The highest BCUT2D eigenvalue weighted by molar-refractivity contribution is 5.23. The number of nitrogens with zero attached hydrogens (tertiary/aromatic N) is 1. The zero-order valence-electron chi connectivity index (χ0n) is 21.0. The number of rotatable bonds is 12. The van der Waals surface area contributed by atoms with E-state index in [1.54, 1.807) is 0 Å². The van der Waals surface area contributed by atoms with E-state index in [-0.39, 0.29) is 6.10 Å². The Morgan fingerprint density at radius 3 is 2.62 bits per heavy atom. The Labute approximate surface area is 196 Å². The molecule has 3 rings (SSSR count). The van der Waals surface area contributed by atoms with Crippen LogP contribution in [0.15, 0.2) is 48.1 Å². The molecule has 2 aliphatic carbocycles. The van der Waals surface area contributed by atoms with E-state index in [1.165, 1.54) is 16.7 Å². The predicted octanol–water partition coefficient (Wildman–Crippen LogP) is 5.95. The van der Waals surface area contributed by atoms with Crippen molar-refractivity contribution in [3.63, 3.8) is 0 Å². The molecule has 1 N–H and O–H groups in total. The van der Waals surface area contributed by atoms with Crippen LogP contribution in [0, 0.1) is 24.7 Å². The van der Waals surface area contributed by atoms with Crippen LogP contribution in [0.25, 0.3) is 0 Å². The fourth-order valence-electron chi connectivity index (χ4n) is 5.75. The quantitative estimate of drug-likeness (QED) is 0.322. The summed E-state index contributed by atoms with van der Waals surface area (Å²) in [6, 6.07) is 9.88. The number of allylic oxidation sites excluding steroid dienone is 2. The molecule has 1 fully saturated rings. The van der Waals surface area contributed by atoms with Crippen LogP contribution >= 0.6 is 0 Å². The van der Waals surface area contributed by atoms with Crippen LogP contribution in [0.2, 0.25) is 0 Å². The first-order valence-corrected chi connectivity index (χ1v) is 12.8. The summed E-state index contributed by atoms with van der Waals surface area (Å²) in [5.41, 5.74) is 4.26. The van der Waals surface area contributed by atoms with E-state index in [2.05, 4.69) is 82.0 Å². The van der Waals surface area contributed by atoms with Gasteiger partial charge in [0.2, 0.25) is 0 Å². The van der Waals surface area contributed by atoms with Crippen molar-refractivity contribution < 1.29 is 9.84 Å². The lowest BCUT2D eigenvalue weighted by Gasteiger charge is -2.30. The normalized spacial score (nSPS) is 25.5. The van der Waals surface area contributed by atoms with Crippen molar-refractivity contribution in [3.05, 3.63) is 59.2 Å². The van der Waals surface area contributed by atoms with Crippen LogP contribution in [0.5, 0.6) is 0 Å². The van der Waals surface area contributed by atoms with Crippen LogP contribution in [0.3, 0.4) is 0 Å². The van der Waals surface area contributed by atoms with E-state index in [0.717, 1.165) is 51.9 Å². The zero-order valence-corrected chi connectivity index (χ0v) is 21.0. The highest BCUT2D eigenvalue weighted by atomic mass is 16.5. The van der Waals surface area contributed by atoms with E-state index in [9.17, 15) is 5.11 Å². The Balaban J connectivity index is 1.39. The molecule has 0 aliphatic heterocycles. The molecule has 0 bridgehead atoms. The summed E-state index contributed by atoms with van der Waals surface area (Å²) >= 11 is 0. The maximum absolute atomic E-state index is 10.6. The Morgan fingerprint density at radius 2 is 1.91 bits per heavy atom. The minimum atomic E-state index is -0.188. The first kappa shape index (κ1) is 25.2. The van der Waals surface area contributed by atoms with Crippen molar-refractivity contribution in [2.24, 2.45) is 17.8 Å². The molecule has 0 radical (unpaired) electrons. The van der Waals surface area contributed by atoms with Gasteiger partial charge in [-0.15, -0.1) is 0 Å². The third-order valence-electron chi connectivity index (χ3n) is 7.38. The third kappa shape index (κ3) is 7.04. The second-order valence-electron chi connectivity index (χ2n) is 10.5. The Bertz CT molecular complexity index is 758. The molecule has 0 heterocycles. The van der Waals surface area contributed by atoms with E-state index in [0.29, 0.717) is 29.8 Å². The number of hydrogen-bond donors (Lipinski definition) is 1. The van der Waals surface area contributed by atoms with Crippen molar-refractivity contribution in [3.8, 4) is 0 Å². The summed E-state index contributed by atoms with van der Waals surface area (Å²) in [7, 11) is 0. The number of aryl methyl sites for hydroxylation is 2. The van der Waals surface area contributed by atoms with Crippen LogP contribution < -0.4 is 0 Å². The minimum absolute atomic E-state index is 0.188. The van der Waals surface area contributed by atoms with Gasteiger partial charge in [-0.25, -0.2) is 0 Å². The van der Waals surface area contributed by atoms with Crippen LogP contribution in [-0.4, -0.2) is 48.0 Å². The fraction of sp³-hybridized carbons (Fsp3) is 0.655. The number of fused-ring (bicyclic) bond motifs is 1. The van der Waals surface area contributed by atoms with Crippen molar-refractivity contribution in [1.82, 2.24) is 4.90 Å². The van der Waals surface area contributed by atoms with Gasteiger partial charge in [-0.05, 0) is 84.1 Å². The fourth-order valence-corrected chi connectivity index (χ4v) is 5.75. The smallest absolute Gasteiger partial charge is 0.0611 e. The molecule has 3 heteroatoms. The van der Waals surface area contributed by atoms with E-state index in [4.69, 9.17) is 4.74 Å². The molecular formula is C29H45NO2. The molecule has 1 aromatic carbocycles. The predicted molar refractivity (Wildman–Crippen MR) is 135 cm³/mol. The topological polar surface area (TPSA) is 32.7 Å². The van der Waals surface area contributed by atoms with Crippen LogP contribution in [0.1, 0.15) is 64.5 Å². The van der Waals surface area contributed by atoms with Gasteiger partial charge in [0.05, 0.1) is 19.3 Å². The largest absolute Gasteiger partial charge is 0.392 e. The lowest BCUT2D eigenvalue weighted by Crippen LogP contribution is -2.39. The van der Waals surface area contributed by atoms with Crippen molar-refractivity contribution in [2.75, 3.05) is 19.8 Å². The molecule has 178 valence electrons. The summed E-state index contributed by atoms with van der Waals surface area (Å²) in [5.74, 6) is 1.43. The van der Waals surface area contributed by atoms with Crippen molar-refractivity contribution in [2.45, 2.75) is 84.9 Å². The van der Waals surface area contributed by atoms with Gasteiger partial charge in [-0.1, -0.05) is 53.6 Å². The number of ether oxygens (including phenoxy) is 1. The van der Waals surface area contributed by atoms with Crippen molar-refractivity contribution in [1.29, 1.82) is 0 Å². The molecule has 1 saturated carbocycles. The summed E-state index contributed by atoms with van der Waals surface area (Å²) in [6.45, 7) is 13.8. The average Bonchev–Trinajstić information content (AvgIpc) is 3.24. The Kier molecular flexibility index (Phi) is 9.58. The molecule has 32 heavy (non-hydrogen) atoms. The maximum atomic E-state index is 10.6. The highest BCUT2D eigenvalue weighted by Gasteiger charge is 2.43. The Hall–Kier alpha value is -1.42. The average molecular weight is 440 g/mol. The van der Waals surface area contributed by atoms with Gasteiger partial charge in [-0.2, -0.15) is 0 Å². The van der Waals surface area contributed by atoms with Gasteiger partial charge in [0.25, 0.3) is 0 Å². The molecule has 3 nitrogen and oxygen atoms in total. The second-order valence-corrected chi connectivity index (χ2v) is 10.5. The van der Waals surface area contributed by atoms with Gasteiger partial charge >= 0.3 is 0 Å². The molecule has 0 aromatic heterocycles. The van der Waals surface area contributed by atoms with Crippen LogP contribution in [-0.2, 0) is 11.2 Å². The minimum Gasteiger partial charge on any atom is -0.392 e. The van der Waals surface area contributed by atoms with Gasteiger partial charge < -0.3 is 9.84 Å². The van der Waals surface area contributed by atoms with E-state index in [1.807, 2.05) is 0 Å². The van der Waals surface area contributed by atoms with Gasteiger partial charge in [0.15, 0.2) is 0 Å². The van der Waals surface area contributed by atoms with Crippen molar-refractivity contribution >= 4 is 0 Å². The number of aliphatic hydroxyl groups is 1. The molecular weight excluding hydrogens is 394 g/mol. The van der Waals surface area contributed by atoms with Gasteiger partial charge in [0, 0.05) is 24.5 Å². The lowest BCUT2D eigenvalue weighted by molar-refractivity contribution is 0.0796. The molecule has 0 saturated heterocycles. The van der Waals surface area contributed by atoms with Crippen LogP contribution in [0.4, 0.5) is 0 Å². The van der Waals surface area contributed by atoms with E-state index >= 15 is 0 Å². The summed E-state index contributed by atoms with van der Waals surface area (Å²) in [6.07, 6.45) is 12.1. The standard InChI is InChI=1S/C29H45NO2/c1-21(2)30(22(3)4)14-16-32-15-13-25-18-26-20-29(31)27(28(26)19-25)12-7-6-10-24-11-8-9-23(5)17-24/h7-9,11-12,17-18,21-22,26-29,31H,6,10,13-16,19-20H2,1-5H3/b12-7+/t26-,27+,28-,29+/m0/s1. The molecule has 0 unspecified atom stereocenters. The molecule has 1 aromatic rings. The molecule has 0 amide bonds. The monoisotopic (exact) mass is 439 g/mol. The lowest BCUT2D eigenvalue weighted by atomic mass is 9.89.